The summed E-state index contributed by atoms with van der Waals surface area (Å²) in [4.78, 5) is 14.2. The maximum Gasteiger partial charge on any atom is 0.255 e. The van der Waals surface area contributed by atoms with Gasteiger partial charge in [-0.25, -0.2) is 0 Å². The number of nitrogens with two attached hydrogens (primary N) is 1. The van der Waals surface area contributed by atoms with Gasteiger partial charge in [0.25, 0.3) is 5.91 Å². The standard InChI is InChI=1S/C17H17N3O/c1-13-15(8-5-9-16(13)19)17(21)20(11-10-18)12-14-6-3-2-4-7-14/h2-9H,11-12,19H2,1H3. The summed E-state index contributed by atoms with van der Waals surface area (Å²) < 4.78 is 0. The van der Waals surface area contributed by atoms with Crippen molar-refractivity contribution in [2.45, 2.75) is 13.5 Å². The average molecular weight is 279 g/mol. The molecule has 106 valence electrons. The number of carbonyl (C=O) groups excluding carboxylic acids is 1. The molecule has 2 rings (SSSR count). The van der Waals surface area contributed by atoms with Crippen LogP contribution in [0.4, 0.5) is 5.69 Å². The fraction of sp³-hybridized carbons (Fsp3) is 0.176. The molecule has 0 heterocycles. The molecule has 2 aromatic carbocycles. The van der Waals surface area contributed by atoms with Gasteiger partial charge in [0.2, 0.25) is 0 Å². The molecule has 0 saturated carbocycles. The van der Waals surface area contributed by atoms with Crippen LogP contribution in [0.5, 0.6) is 0 Å². The SMILES string of the molecule is Cc1c(N)cccc1C(=O)N(CC#N)Cc1ccccc1. The minimum Gasteiger partial charge on any atom is -0.398 e. The van der Waals surface area contributed by atoms with Gasteiger partial charge in [0.1, 0.15) is 6.54 Å². The van der Waals surface area contributed by atoms with E-state index in [-0.39, 0.29) is 12.5 Å². The molecular weight excluding hydrogens is 262 g/mol. The van der Waals surface area contributed by atoms with Crippen LogP contribution in [-0.2, 0) is 6.54 Å². The molecule has 0 fully saturated rings. The van der Waals surface area contributed by atoms with Crippen molar-refractivity contribution in [3.05, 3.63) is 65.2 Å². The first kappa shape index (κ1) is 14.6. The zero-order chi connectivity index (χ0) is 15.2. The summed E-state index contributed by atoms with van der Waals surface area (Å²) in [6.45, 7) is 2.26. The molecule has 2 N–H and O–H groups in total. The fourth-order valence-electron chi connectivity index (χ4n) is 2.14. The van der Waals surface area contributed by atoms with Crippen molar-refractivity contribution in [2.24, 2.45) is 0 Å². The molecule has 0 aromatic heterocycles. The lowest BCUT2D eigenvalue weighted by atomic mass is 10.1. The van der Waals surface area contributed by atoms with E-state index in [0.29, 0.717) is 17.8 Å². The van der Waals surface area contributed by atoms with Gasteiger partial charge in [-0.05, 0) is 30.2 Å². The summed E-state index contributed by atoms with van der Waals surface area (Å²) in [5.41, 5.74) is 8.71. The Morgan fingerprint density at radius 2 is 1.90 bits per heavy atom. The van der Waals surface area contributed by atoms with Crippen molar-refractivity contribution in [2.75, 3.05) is 12.3 Å². The number of anilines is 1. The van der Waals surface area contributed by atoms with Crippen LogP contribution < -0.4 is 5.73 Å². The molecule has 0 saturated heterocycles. The van der Waals surface area contributed by atoms with Gasteiger partial charge < -0.3 is 10.6 Å². The first-order valence-corrected chi connectivity index (χ1v) is 6.68. The van der Waals surface area contributed by atoms with E-state index in [1.165, 1.54) is 4.90 Å². The lowest BCUT2D eigenvalue weighted by Crippen LogP contribution is -2.31. The average Bonchev–Trinajstić information content (AvgIpc) is 2.50. The second-order valence-corrected chi connectivity index (χ2v) is 4.82. The summed E-state index contributed by atoms with van der Waals surface area (Å²) in [5.74, 6) is -0.176. The Labute approximate surface area is 124 Å². The molecule has 0 spiro atoms. The molecule has 1 amide bonds. The maximum absolute atomic E-state index is 12.6. The Morgan fingerprint density at radius 3 is 2.57 bits per heavy atom. The number of nitrogen functional groups attached to an aromatic ring is 1. The molecule has 2 aromatic rings. The van der Waals surface area contributed by atoms with Gasteiger partial charge in [0, 0.05) is 17.8 Å². The predicted molar refractivity (Wildman–Crippen MR) is 82.4 cm³/mol. The van der Waals surface area contributed by atoms with Crippen molar-refractivity contribution in [1.82, 2.24) is 4.90 Å². The lowest BCUT2D eigenvalue weighted by Gasteiger charge is -2.21. The molecule has 4 nitrogen and oxygen atoms in total. The van der Waals surface area contributed by atoms with Crippen LogP contribution in [0.15, 0.2) is 48.5 Å². The highest BCUT2D eigenvalue weighted by atomic mass is 16.2. The van der Waals surface area contributed by atoms with E-state index in [0.717, 1.165) is 11.1 Å². The van der Waals surface area contributed by atoms with Crippen molar-refractivity contribution < 1.29 is 4.79 Å². The summed E-state index contributed by atoms with van der Waals surface area (Å²) in [6.07, 6.45) is 0. The summed E-state index contributed by atoms with van der Waals surface area (Å²) in [7, 11) is 0. The Morgan fingerprint density at radius 1 is 1.19 bits per heavy atom. The second-order valence-electron chi connectivity index (χ2n) is 4.82. The molecule has 0 radical (unpaired) electrons. The summed E-state index contributed by atoms with van der Waals surface area (Å²) in [6, 6.07) is 16.9. The van der Waals surface area contributed by atoms with Gasteiger partial charge in [-0.3, -0.25) is 4.79 Å². The topological polar surface area (TPSA) is 70.1 Å². The summed E-state index contributed by atoms with van der Waals surface area (Å²) in [5, 5.41) is 8.97. The molecule has 0 aliphatic rings. The fourth-order valence-corrected chi connectivity index (χ4v) is 2.14. The van der Waals surface area contributed by atoms with E-state index in [9.17, 15) is 4.79 Å². The minimum absolute atomic E-state index is 0.0436. The van der Waals surface area contributed by atoms with Gasteiger partial charge in [0.05, 0.1) is 6.07 Å². The molecular formula is C17H17N3O. The minimum atomic E-state index is -0.176. The Bertz CT molecular complexity index is 674. The summed E-state index contributed by atoms with van der Waals surface area (Å²) >= 11 is 0. The van der Waals surface area contributed by atoms with E-state index in [4.69, 9.17) is 11.0 Å². The van der Waals surface area contributed by atoms with E-state index >= 15 is 0 Å². The molecule has 4 heteroatoms. The number of benzene rings is 2. The third-order valence-corrected chi connectivity index (χ3v) is 3.37. The molecule has 0 aliphatic heterocycles. The number of hydrogen-bond acceptors (Lipinski definition) is 3. The lowest BCUT2D eigenvalue weighted by molar-refractivity contribution is 0.0764. The van der Waals surface area contributed by atoms with Gasteiger partial charge in [-0.15, -0.1) is 0 Å². The third-order valence-electron chi connectivity index (χ3n) is 3.37. The number of hydrogen-bond donors (Lipinski definition) is 1. The van der Waals surface area contributed by atoms with E-state index < -0.39 is 0 Å². The Kier molecular flexibility index (Phi) is 4.57. The van der Waals surface area contributed by atoms with Crippen molar-refractivity contribution in [3.63, 3.8) is 0 Å². The van der Waals surface area contributed by atoms with Crippen LogP contribution in [-0.4, -0.2) is 17.4 Å². The molecule has 0 aliphatic carbocycles. The second kappa shape index (κ2) is 6.58. The van der Waals surface area contributed by atoms with Crippen molar-refractivity contribution in [1.29, 1.82) is 5.26 Å². The van der Waals surface area contributed by atoms with Crippen LogP contribution in [0.3, 0.4) is 0 Å². The Hall–Kier alpha value is -2.80. The zero-order valence-electron chi connectivity index (χ0n) is 11.9. The third kappa shape index (κ3) is 3.40. The first-order valence-electron chi connectivity index (χ1n) is 6.68. The van der Waals surface area contributed by atoms with Crippen LogP contribution in [0.25, 0.3) is 0 Å². The number of nitriles is 1. The number of amides is 1. The largest absolute Gasteiger partial charge is 0.398 e. The van der Waals surface area contributed by atoms with Gasteiger partial charge in [-0.2, -0.15) is 5.26 Å². The molecule has 0 atom stereocenters. The van der Waals surface area contributed by atoms with Crippen LogP contribution in [0.1, 0.15) is 21.5 Å². The highest BCUT2D eigenvalue weighted by Crippen LogP contribution is 2.18. The predicted octanol–water partition coefficient (Wildman–Crippen LogP) is 2.74. The number of carbonyl (C=O) groups is 1. The number of nitrogens with zero attached hydrogens (tertiary/aromatic N) is 2. The number of rotatable bonds is 4. The monoisotopic (exact) mass is 279 g/mol. The molecule has 21 heavy (non-hydrogen) atoms. The molecule has 0 bridgehead atoms. The smallest absolute Gasteiger partial charge is 0.255 e. The van der Waals surface area contributed by atoms with Crippen LogP contribution in [0, 0.1) is 18.3 Å². The van der Waals surface area contributed by atoms with Crippen LogP contribution in [0.2, 0.25) is 0 Å². The van der Waals surface area contributed by atoms with E-state index in [2.05, 4.69) is 0 Å². The zero-order valence-corrected chi connectivity index (χ0v) is 11.9. The van der Waals surface area contributed by atoms with E-state index in [1.54, 1.807) is 18.2 Å². The quantitative estimate of drug-likeness (QED) is 0.691. The molecule has 0 unspecified atom stereocenters. The van der Waals surface area contributed by atoms with Gasteiger partial charge in [0.15, 0.2) is 0 Å². The first-order chi connectivity index (χ1) is 10.1. The Balaban J connectivity index is 2.28. The van der Waals surface area contributed by atoms with E-state index in [1.807, 2.05) is 43.3 Å². The van der Waals surface area contributed by atoms with Crippen molar-refractivity contribution >= 4 is 11.6 Å². The van der Waals surface area contributed by atoms with Gasteiger partial charge in [-0.1, -0.05) is 36.4 Å². The van der Waals surface area contributed by atoms with Crippen molar-refractivity contribution in [3.8, 4) is 6.07 Å². The van der Waals surface area contributed by atoms with Gasteiger partial charge >= 0.3 is 0 Å². The maximum atomic E-state index is 12.6. The normalized spacial score (nSPS) is 9.90. The van der Waals surface area contributed by atoms with Crippen LogP contribution >= 0.6 is 0 Å². The highest BCUT2D eigenvalue weighted by molar-refractivity contribution is 5.97. The highest BCUT2D eigenvalue weighted by Gasteiger charge is 2.18.